The summed E-state index contributed by atoms with van der Waals surface area (Å²) >= 11 is 0. The third-order valence-corrected chi connectivity index (χ3v) is 2.50. The van der Waals surface area contributed by atoms with Crippen LogP contribution in [0.1, 0.15) is 18.9 Å². The number of hydrogen-bond donors (Lipinski definition) is 1. The van der Waals surface area contributed by atoms with Crippen LogP contribution < -0.4 is 5.73 Å². The minimum atomic E-state index is -0.0677. The predicted octanol–water partition coefficient (Wildman–Crippen LogP) is 1.22. The van der Waals surface area contributed by atoms with Gasteiger partial charge in [-0.05, 0) is 12.5 Å². The number of hydrogen-bond acceptors (Lipinski definition) is 3. The first-order chi connectivity index (χ1) is 7.19. The van der Waals surface area contributed by atoms with E-state index in [0.29, 0.717) is 13.1 Å². The lowest BCUT2D eigenvalue weighted by atomic mass is 10.1. The number of amides is 1. The minimum absolute atomic E-state index is 0.0677. The van der Waals surface area contributed by atoms with Gasteiger partial charge in [0.25, 0.3) is 0 Å². The molecule has 1 unspecified atom stereocenters. The summed E-state index contributed by atoms with van der Waals surface area (Å²) in [5, 5.41) is 0. The van der Waals surface area contributed by atoms with Gasteiger partial charge in [0.1, 0.15) is 0 Å². The zero-order valence-corrected chi connectivity index (χ0v) is 9.27. The van der Waals surface area contributed by atoms with Crippen molar-refractivity contribution in [3.63, 3.8) is 0 Å². The number of nitrogens with zero attached hydrogens (tertiary/aromatic N) is 1. The zero-order chi connectivity index (χ0) is 11.3. The molecule has 0 saturated carbocycles. The lowest BCUT2D eigenvalue weighted by Crippen LogP contribution is -2.35. The van der Waals surface area contributed by atoms with Crippen molar-refractivity contribution in [1.82, 2.24) is 4.90 Å². The third kappa shape index (κ3) is 3.09. The Balaban J connectivity index is 2.53. The second-order valence-corrected chi connectivity index (χ2v) is 3.67. The number of carbonyl (C=O) groups is 1. The van der Waals surface area contributed by atoms with E-state index in [1.165, 1.54) is 0 Å². The van der Waals surface area contributed by atoms with Crippen LogP contribution in [0, 0.1) is 5.92 Å². The summed E-state index contributed by atoms with van der Waals surface area (Å²) in [5.74, 6) is 0.0306. The Hall–Kier alpha value is -1.29. The first kappa shape index (κ1) is 11.8. The molecule has 15 heavy (non-hydrogen) atoms. The standard InChI is InChI=1S/C11H18N2O2/c1-3-10(6-12)11(14)13(2)7-9-4-5-15-8-9/h4-5,8,10H,3,6-7,12H2,1-2H3. The maximum absolute atomic E-state index is 11.8. The second kappa shape index (κ2) is 5.56. The van der Waals surface area contributed by atoms with E-state index in [0.717, 1.165) is 12.0 Å². The van der Waals surface area contributed by atoms with E-state index in [1.807, 2.05) is 13.0 Å². The van der Waals surface area contributed by atoms with E-state index in [2.05, 4.69) is 0 Å². The van der Waals surface area contributed by atoms with Crippen LogP contribution in [0.2, 0.25) is 0 Å². The Bertz CT molecular complexity index is 292. The van der Waals surface area contributed by atoms with Crippen LogP contribution in [0.5, 0.6) is 0 Å². The van der Waals surface area contributed by atoms with Crippen LogP contribution >= 0.6 is 0 Å². The molecular weight excluding hydrogens is 192 g/mol. The first-order valence-corrected chi connectivity index (χ1v) is 5.15. The van der Waals surface area contributed by atoms with E-state index in [-0.39, 0.29) is 11.8 Å². The Morgan fingerprint density at radius 3 is 2.87 bits per heavy atom. The van der Waals surface area contributed by atoms with E-state index in [9.17, 15) is 4.79 Å². The number of carbonyl (C=O) groups excluding carboxylic acids is 1. The van der Waals surface area contributed by atoms with Gasteiger partial charge in [-0.2, -0.15) is 0 Å². The fourth-order valence-electron chi connectivity index (χ4n) is 1.49. The molecule has 1 heterocycles. The van der Waals surface area contributed by atoms with Gasteiger partial charge in [-0.25, -0.2) is 0 Å². The molecule has 2 N–H and O–H groups in total. The summed E-state index contributed by atoms with van der Waals surface area (Å²) in [6, 6.07) is 1.85. The Kier molecular flexibility index (Phi) is 4.37. The highest BCUT2D eigenvalue weighted by Crippen LogP contribution is 2.09. The number of rotatable bonds is 5. The molecule has 1 aromatic rings. The highest BCUT2D eigenvalue weighted by molar-refractivity contribution is 5.78. The average molecular weight is 210 g/mol. The molecule has 1 aromatic heterocycles. The van der Waals surface area contributed by atoms with Crippen LogP contribution in [0.15, 0.2) is 23.0 Å². The summed E-state index contributed by atoms with van der Waals surface area (Å²) in [6.45, 7) is 2.96. The normalized spacial score (nSPS) is 12.5. The molecule has 0 bridgehead atoms. The molecule has 0 aliphatic rings. The Morgan fingerprint density at radius 2 is 2.40 bits per heavy atom. The van der Waals surface area contributed by atoms with Crippen LogP contribution in [0.4, 0.5) is 0 Å². The Morgan fingerprint density at radius 1 is 1.67 bits per heavy atom. The molecular formula is C11H18N2O2. The van der Waals surface area contributed by atoms with Crippen molar-refractivity contribution in [3.05, 3.63) is 24.2 Å². The smallest absolute Gasteiger partial charge is 0.226 e. The van der Waals surface area contributed by atoms with Gasteiger partial charge in [0.05, 0.1) is 18.4 Å². The maximum Gasteiger partial charge on any atom is 0.226 e. The maximum atomic E-state index is 11.8. The molecule has 1 atom stereocenters. The van der Waals surface area contributed by atoms with E-state index < -0.39 is 0 Å². The van der Waals surface area contributed by atoms with Crippen molar-refractivity contribution in [2.75, 3.05) is 13.6 Å². The minimum Gasteiger partial charge on any atom is -0.472 e. The molecule has 0 radical (unpaired) electrons. The van der Waals surface area contributed by atoms with Crippen LogP contribution in [0.25, 0.3) is 0 Å². The highest BCUT2D eigenvalue weighted by atomic mass is 16.3. The van der Waals surface area contributed by atoms with Crippen molar-refractivity contribution in [2.24, 2.45) is 11.7 Å². The van der Waals surface area contributed by atoms with Gasteiger partial charge in [0.15, 0.2) is 0 Å². The lowest BCUT2D eigenvalue weighted by molar-refractivity contribution is -0.134. The predicted molar refractivity (Wildman–Crippen MR) is 58.0 cm³/mol. The molecule has 0 fully saturated rings. The van der Waals surface area contributed by atoms with Gasteiger partial charge in [0, 0.05) is 25.7 Å². The van der Waals surface area contributed by atoms with Gasteiger partial charge in [0.2, 0.25) is 5.91 Å². The topological polar surface area (TPSA) is 59.5 Å². The summed E-state index contributed by atoms with van der Waals surface area (Å²) in [5.41, 5.74) is 6.53. The Labute approximate surface area is 90.0 Å². The molecule has 0 aliphatic heterocycles. The number of nitrogens with two attached hydrogens (primary N) is 1. The van der Waals surface area contributed by atoms with E-state index >= 15 is 0 Å². The average Bonchev–Trinajstić information content (AvgIpc) is 2.72. The van der Waals surface area contributed by atoms with Crippen molar-refractivity contribution in [3.8, 4) is 0 Å². The van der Waals surface area contributed by atoms with E-state index in [4.69, 9.17) is 10.2 Å². The monoisotopic (exact) mass is 210 g/mol. The van der Waals surface area contributed by atoms with Crippen molar-refractivity contribution >= 4 is 5.91 Å². The van der Waals surface area contributed by atoms with Gasteiger partial charge in [-0.3, -0.25) is 4.79 Å². The SMILES string of the molecule is CCC(CN)C(=O)N(C)Cc1ccoc1. The summed E-state index contributed by atoms with van der Waals surface area (Å²) < 4.78 is 4.95. The van der Waals surface area contributed by atoms with Crippen LogP contribution in [0.3, 0.4) is 0 Å². The van der Waals surface area contributed by atoms with Crippen molar-refractivity contribution < 1.29 is 9.21 Å². The second-order valence-electron chi connectivity index (χ2n) is 3.67. The summed E-state index contributed by atoms with van der Waals surface area (Å²) in [7, 11) is 1.79. The van der Waals surface area contributed by atoms with Crippen molar-refractivity contribution in [2.45, 2.75) is 19.9 Å². The summed E-state index contributed by atoms with van der Waals surface area (Å²) in [6.07, 6.45) is 4.03. The fourth-order valence-corrected chi connectivity index (χ4v) is 1.49. The summed E-state index contributed by atoms with van der Waals surface area (Å²) in [4.78, 5) is 13.5. The van der Waals surface area contributed by atoms with Gasteiger partial charge in [-0.15, -0.1) is 0 Å². The molecule has 0 aliphatic carbocycles. The first-order valence-electron chi connectivity index (χ1n) is 5.15. The van der Waals surface area contributed by atoms with Gasteiger partial charge >= 0.3 is 0 Å². The van der Waals surface area contributed by atoms with Crippen LogP contribution in [-0.4, -0.2) is 24.4 Å². The molecule has 0 spiro atoms. The third-order valence-electron chi connectivity index (χ3n) is 2.50. The molecule has 0 saturated heterocycles. The molecule has 0 aromatic carbocycles. The molecule has 84 valence electrons. The number of furan rings is 1. The lowest BCUT2D eigenvalue weighted by Gasteiger charge is -2.21. The van der Waals surface area contributed by atoms with Crippen LogP contribution in [-0.2, 0) is 11.3 Å². The largest absolute Gasteiger partial charge is 0.472 e. The zero-order valence-electron chi connectivity index (χ0n) is 9.27. The highest BCUT2D eigenvalue weighted by Gasteiger charge is 2.18. The van der Waals surface area contributed by atoms with Gasteiger partial charge < -0.3 is 15.1 Å². The molecule has 1 amide bonds. The van der Waals surface area contributed by atoms with Crippen molar-refractivity contribution in [1.29, 1.82) is 0 Å². The van der Waals surface area contributed by atoms with Gasteiger partial charge in [-0.1, -0.05) is 6.92 Å². The molecule has 1 rings (SSSR count). The van der Waals surface area contributed by atoms with E-state index in [1.54, 1.807) is 24.5 Å². The molecule has 4 heteroatoms. The fraction of sp³-hybridized carbons (Fsp3) is 0.545. The quantitative estimate of drug-likeness (QED) is 0.795. The molecule has 4 nitrogen and oxygen atoms in total.